The molecule has 0 saturated carbocycles. The minimum atomic E-state index is -0.440. The van der Waals surface area contributed by atoms with Crippen molar-refractivity contribution in [3.05, 3.63) is 53.6 Å². The molecule has 8 nitrogen and oxygen atoms in total. The monoisotopic (exact) mass is 454 g/mol. The van der Waals surface area contributed by atoms with Gasteiger partial charge in [0.05, 0.1) is 19.8 Å². The third-order valence-electron chi connectivity index (χ3n) is 5.16. The van der Waals surface area contributed by atoms with Crippen LogP contribution in [-0.2, 0) is 16.0 Å². The number of carbonyl (C=O) groups excluding carboxylic acids is 3. The van der Waals surface area contributed by atoms with E-state index in [0.29, 0.717) is 43.5 Å². The summed E-state index contributed by atoms with van der Waals surface area (Å²) in [5, 5.41) is 0. The summed E-state index contributed by atoms with van der Waals surface area (Å²) >= 11 is 0. The van der Waals surface area contributed by atoms with Crippen molar-refractivity contribution in [3.63, 3.8) is 0 Å². The van der Waals surface area contributed by atoms with Gasteiger partial charge in [0.1, 0.15) is 13.1 Å². The lowest BCUT2D eigenvalue weighted by molar-refractivity contribution is -0.150. The molecule has 2 aromatic rings. The molecule has 1 aliphatic rings. The van der Waals surface area contributed by atoms with Crippen molar-refractivity contribution in [1.82, 2.24) is 9.80 Å². The summed E-state index contributed by atoms with van der Waals surface area (Å²) in [7, 11) is 0. The van der Waals surface area contributed by atoms with Gasteiger partial charge in [-0.3, -0.25) is 19.3 Å². The van der Waals surface area contributed by atoms with Crippen LogP contribution in [0.3, 0.4) is 0 Å². The molecule has 1 heterocycles. The van der Waals surface area contributed by atoms with Crippen LogP contribution >= 0.6 is 0 Å². The van der Waals surface area contributed by atoms with E-state index in [1.54, 1.807) is 12.1 Å². The third kappa shape index (κ3) is 5.83. The Morgan fingerprint density at radius 1 is 0.848 bits per heavy atom. The highest BCUT2D eigenvalue weighted by Crippen LogP contribution is 2.39. The molecule has 0 aliphatic carbocycles. The average molecular weight is 455 g/mol. The van der Waals surface area contributed by atoms with Crippen LogP contribution in [0.25, 0.3) is 0 Å². The van der Waals surface area contributed by atoms with Crippen LogP contribution in [0, 0.1) is 0 Å². The van der Waals surface area contributed by atoms with E-state index < -0.39 is 17.7 Å². The topological polar surface area (TPSA) is 85.4 Å². The normalized spacial score (nSPS) is 13.8. The van der Waals surface area contributed by atoms with Crippen LogP contribution in [0.4, 0.5) is 0 Å². The minimum absolute atomic E-state index is 0.166. The Labute approximate surface area is 194 Å². The second-order valence-corrected chi connectivity index (χ2v) is 7.44. The van der Waals surface area contributed by atoms with E-state index in [0.717, 1.165) is 5.56 Å². The highest BCUT2D eigenvalue weighted by Gasteiger charge is 2.34. The summed E-state index contributed by atoms with van der Waals surface area (Å²) in [6, 6.07) is 12.8. The molecular weight excluding hydrogens is 424 g/mol. The molecule has 1 aliphatic heterocycles. The fourth-order valence-corrected chi connectivity index (χ4v) is 3.67. The maximum absolute atomic E-state index is 13.2. The summed E-state index contributed by atoms with van der Waals surface area (Å²) in [6.45, 7) is 6.62. The van der Waals surface area contributed by atoms with Gasteiger partial charge in [-0.25, -0.2) is 0 Å². The number of piperazine rings is 1. The number of rotatable bonds is 10. The van der Waals surface area contributed by atoms with E-state index in [1.807, 2.05) is 51.1 Å². The van der Waals surface area contributed by atoms with Gasteiger partial charge >= 0.3 is 0 Å². The third-order valence-corrected chi connectivity index (χ3v) is 5.16. The number of imide groups is 1. The lowest BCUT2D eigenvalue weighted by Gasteiger charge is -2.33. The Morgan fingerprint density at radius 2 is 1.39 bits per heavy atom. The molecule has 1 saturated heterocycles. The first-order valence-electron chi connectivity index (χ1n) is 11.2. The number of carbonyl (C=O) groups is 3. The first-order chi connectivity index (χ1) is 16.0. The lowest BCUT2D eigenvalue weighted by Crippen LogP contribution is -2.55. The zero-order valence-electron chi connectivity index (χ0n) is 19.3. The van der Waals surface area contributed by atoms with Gasteiger partial charge in [-0.2, -0.15) is 0 Å². The van der Waals surface area contributed by atoms with Crippen molar-refractivity contribution in [2.75, 3.05) is 39.5 Å². The van der Waals surface area contributed by atoms with Gasteiger partial charge in [-0.05, 0) is 44.9 Å². The van der Waals surface area contributed by atoms with Crippen molar-refractivity contribution in [2.24, 2.45) is 0 Å². The molecule has 0 radical (unpaired) electrons. The Kier molecular flexibility index (Phi) is 8.29. The average Bonchev–Trinajstić information content (AvgIpc) is 2.81. The van der Waals surface area contributed by atoms with E-state index in [1.165, 1.54) is 9.80 Å². The van der Waals surface area contributed by atoms with Gasteiger partial charge in [-0.1, -0.05) is 30.3 Å². The predicted molar refractivity (Wildman–Crippen MR) is 123 cm³/mol. The van der Waals surface area contributed by atoms with Gasteiger partial charge in [0.15, 0.2) is 11.5 Å². The Bertz CT molecular complexity index is 947. The SMILES string of the molecule is CCOc1cc(C(=O)N2CC(=O)N(CCc3ccccc3)C(=O)C2)cc(OCC)c1OCC. The molecular formula is C25H30N2O6. The largest absolute Gasteiger partial charge is 0.490 e. The lowest BCUT2D eigenvalue weighted by atomic mass is 10.1. The number of ether oxygens (including phenoxy) is 3. The molecule has 0 aromatic heterocycles. The van der Waals surface area contributed by atoms with E-state index >= 15 is 0 Å². The molecule has 8 heteroatoms. The maximum Gasteiger partial charge on any atom is 0.255 e. The summed E-state index contributed by atoms with van der Waals surface area (Å²) in [5.41, 5.74) is 1.31. The van der Waals surface area contributed by atoms with Crippen molar-refractivity contribution in [3.8, 4) is 17.2 Å². The number of hydrogen-bond acceptors (Lipinski definition) is 6. The van der Waals surface area contributed by atoms with Crippen LogP contribution in [0.15, 0.2) is 42.5 Å². The van der Waals surface area contributed by atoms with Crippen LogP contribution < -0.4 is 14.2 Å². The van der Waals surface area contributed by atoms with E-state index in [4.69, 9.17) is 14.2 Å². The van der Waals surface area contributed by atoms with Gasteiger partial charge in [0.25, 0.3) is 5.91 Å². The molecule has 0 unspecified atom stereocenters. The molecule has 3 rings (SSSR count). The van der Waals surface area contributed by atoms with Crippen LogP contribution in [0.1, 0.15) is 36.7 Å². The van der Waals surface area contributed by atoms with Crippen molar-refractivity contribution >= 4 is 17.7 Å². The number of amides is 3. The Balaban J connectivity index is 1.77. The molecule has 0 bridgehead atoms. The van der Waals surface area contributed by atoms with Crippen LogP contribution in [0.2, 0.25) is 0 Å². The molecule has 176 valence electrons. The van der Waals surface area contributed by atoms with Crippen molar-refractivity contribution in [1.29, 1.82) is 0 Å². The molecule has 33 heavy (non-hydrogen) atoms. The van der Waals surface area contributed by atoms with Crippen molar-refractivity contribution in [2.45, 2.75) is 27.2 Å². The van der Waals surface area contributed by atoms with E-state index in [2.05, 4.69) is 0 Å². The molecule has 0 spiro atoms. The van der Waals surface area contributed by atoms with Crippen LogP contribution in [-0.4, -0.2) is 67.0 Å². The first kappa shape index (κ1) is 24.1. The smallest absolute Gasteiger partial charge is 0.255 e. The Hall–Kier alpha value is -3.55. The van der Waals surface area contributed by atoms with Gasteiger partial charge in [0, 0.05) is 12.1 Å². The van der Waals surface area contributed by atoms with Gasteiger partial charge in [-0.15, -0.1) is 0 Å². The summed E-state index contributed by atoms with van der Waals surface area (Å²) in [5.74, 6) is -0.0336. The molecule has 0 atom stereocenters. The number of benzene rings is 2. The number of nitrogens with zero attached hydrogens (tertiary/aromatic N) is 2. The zero-order chi connectivity index (χ0) is 23.8. The fraction of sp³-hybridized carbons (Fsp3) is 0.400. The highest BCUT2D eigenvalue weighted by atomic mass is 16.5. The highest BCUT2D eigenvalue weighted by molar-refractivity contribution is 6.06. The quantitative estimate of drug-likeness (QED) is 0.513. The van der Waals surface area contributed by atoms with E-state index in [-0.39, 0.29) is 25.2 Å². The minimum Gasteiger partial charge on any atom is -0.490 e. The molecule has 0 N–H and O–H groups in total. The maximum atomic E-state index is 13.2. The zero-order valence-corrected chi connectivity index (χ0v) is 19.3. The second-order valence-electron chi connectivity index (χ2n) is 7.44. The van der Waals surface area contributed by atoms with Crippen LogP contribution in [0.5, 0.6) is 17.2 Å². The molecule has 1 fully saturated rings. The standard InChI is InChI=1S/C25H30N2O6/c1-4-31-20-14-19(15-21(32-5-2)24(20)33-6-3)25(30)26-16-22(28)27(23(29)17-26)13-12-18-10-8-7-9-11-18/h7-11,14-15H,4-6,12-13,16-17H2,1-3H3. The second kappa shape index (κ2) is 11.4. The first-order valence-corrected chi connectivity index (χ1v) is 11.2. The van der Waals surface area contributed by atoms with E-state index in [9.17, 15) is 14.4 Å². The summed E-state index contributed by atoms with van der Waals surface area (Å²) in [4.78, 5) is 41.1. The summed E-state index contributed by atoms with van der Waals surface area (Å²) in [6.07, 6.45) is 0.570. The van der Waals surface area contributed by atoms with Gasteiger partial charge in [0.2, 0.25) is 17.6 Å². The molecule has 3 amide bonds. The fourth-order valence-electron chi connectivity index (χ4n) is 3.67. The summed E-state index contributed by atoms with van der Waals surface area (Å²) < 4.78 is 17.0. The van der Waals surface area contributed by atoms with Crippen molar-refractivity contribution < 1.29 is 28.6 Å². The Morgan fingerprint density at radius 3 is 1.91 bits per heavy atom. The predicted octanol–water partition coefficient (Wildman–Crippen LogP) is 2.94. The van der Waals surface area contributed by atoms with Gasteiger partial charge < -0.3 is 19.1 Å². The molecule has 2 aromatic carbocycles. The number of hydrogen-bond donors (Lipinski definition) is 0.